The molecule has 102 valence electrons. The molecule has 0 spiro atoms. The summed E-state index contributed by atoms with van der Waals surface area (Å²) >= 11 is 0. The Morgan fingerprint density at radius 1 is 1.22 bits per heavy atom. The zero-order valence-corrected chi connectivity index (χ0v) is 11.9. The molecule has 0 bridgehead atoms. The summed E-state index contributed by atoms with van der Waals surface area (Å²) in [5.74, 6) is 0.763. The lowest BCUT2D eigenvalue weighted by Crippen LogP contribution is -2.21. The van der Waals surface area contributed by atoms with Crippen LogP contribution >= 0.6 is 0 Å². The topological polar surface area (TPSA) is 38.5 Å². The van der Waals surface area contributed by atoms with Gasteiger partial charge >= 0.3 is 0 Å². The monoisotopic (exact) mass is 250 g/mol. The maximum atomic E-state index is 5.89. The molecular weight excluding hydrogens is 224 g/mol. The summed E-state index contributed by atoms with van der Waals surface area (Å²) < 4.78 is 5.15. The lowest BCUT2D eigenvalue weighted by molar-refractivity contribution is 0.323. The van der Waals surface area contributed by atoms with Gasteiger partial charge in [0.25, 0.3) is 0 Å². The van der Waals surface area contributed by atoms with Crippen LogP contribution in [0, 0.1) is 0 Å². The summed E-state index contributed by atoms with van der Waals surface area (Å²) in [7, 11) is 3.84. The third-order valence-corrected chi connectivity index (χ3v) is 3.19. The van der Waals surface area contributed by atoms with E-state index in [2.05, 4.69) is 24.9 Å². The van der Waals surface area contributed by atoms with Crippen molar-refractivity contribution in [1.29, 1.82) is 0 Å². The number of ether oxygens (including phenoxy) is 1. The Kier molecular flexibility index (Phi) is 6.58. The van der Waals surface area contributed by atoms with Gasteiger partial charge in [0.2, 0.25) is 0 Å². The van der Waals surface area contributed by atoms with E-state index in [1.54, 1.807) is 7.11 Å². The fourth-order valence-corrected chi connectivity index (χ4v) is 2.03. The number of methoxy groups -OCH3 is 1. The Morgan fingerprint density at radius 3 is 2.56 bits per heavy atom. The molecule has 0 saturated carbocycles. The summed E-state index contributed by atoms with van der Waals surface area (Å²) in [6.45, 7) is 4.57. The average Bonchev–Trinajstić information content (AvgIpc) is 2.36. The maximum Gasteiger partial charge on any atom is 0.141 e. The Balaban J connectivity index is 2.33. The molecule has 0 radical (unpaired) electrons. The van der Waals surface area contributed by atoms with Gasteiger partial charge in [-0.2, -0.15) is 0 Å². The van der Waals surface area contributed by atoms with Crippen molar-refractivity contribution in [3.8, 4) is 5.75 Å². The lowest BCUT2D eigenvalue weighted by Gasteiger charge is -2.16. The van der Waals surface area contributed by atoms with Crippen molar-refractivity contribution in [3.05, 3.63) is 23.8 Å². The third kappa shape index (κ3) is 4.96. The highest BCUT2D eigenvalue weighted by Crippen LogP contribution is 2.22. The average molecular weight is 250 g/mol. The molecule has 0 aliphatic rings. The molecule has 0 unspecified atom stereocenters. The SMILES string of the molecule is CCCCN(C)CCCc1ccc(OC)c(N)c1. The minimum atomic E-state index is 0.731. The fraction of sp³-hybridized carbons (Fsp3) is 0.600. The molecule has 0 heterocycles. The van der Waals surface area contributed by atoms with Gasteiger partial charge in [0.15, 0.2) is 0 Å². The number of unbranched alkanes of at least 4 members (excludes halogenated alkanes) is 1. The highest BCUT2D eigenvalue weighted by molar-refractivity contribution is 5.54. The molecule has 0 saturated heterocycles. The van der Waals surface area contributed by atoms with Gasteiger partial charge in [-0.3, -0.25) is 0 Å². The minimum absolute atomic E-state index is 0.731. The van der Waals surface area contributed by atoms with E-state index in [-0.39, 0.29) is 0 Å². The van der Waals surface area contributed by atoms with Crippen LogP contribution in [0.3, 0.4) is 0 Å². The number of anilines is 1. The first-order valence-electron chi connectivity index (χ1n) is 6.78. The normalized spacial score (nSPS) is 10.9. The molecule has 0 aliphatic heterocycles. The zero-order valence-electron chi connectivity index (χ0n) is 11.9. The molecule has 1 aromatic rings. The first-order valence-corrected chi connectivity index (χ1v) is 6.78. The fourth-order valence-electron chi connectivity index (χ4n) is 2.03. The summed E-state index contributed by atoms with van der Waals surface area (Å²) in [5.41, 5.74) is 7.91. The van der Waals surface area contributed by atoms with Crippen molar-refractivity contribution in [2.75, 3.05) is 33.0 Å². The number of hydrogen-bond donors (Lipinski definition) is 1. The Bertz CT molecular complexity index is 352. The molecule has 2 N–H and O–H groups in total. The number of nitrogens with zero attached hydrogens (tertiary/aromatic N) is 1. The molecule has 3 heteroatoms. The summed E-state index contributed by atoms with van der Waals surface area (Å²) in [4.78, 5) is 2.40. The second kappa shape index (κ2) is 7.98. The number of nitrogens with two attached hydrogens (primary N) is 1. The standard InChI is InChI=1S/C15H26N2O/c1-4-5-10-17(2)11-6-7-13-8-9-15(18-3)14(16)12-13/h8-9,12H,4-7,10-11,16H2,1-3H3. The minimum Gasteiger partial charge on any atom is -0.495 e. The Hall–Kier alpha value is -1.22. The van der Waals surface area contributed by atoms with Gasteiger partial charge in [0, 0.05) is 0 Å². The zero-order chi connectivity index (χ0) is 13.4. The van der Waals surface area contributed by atoms with Gasteiger partial charge in [-0.05, 0) is 57.1 Å². The van der Waals surface area contributed by atoms with Crippen molar-refractivity contribution < 1.29 is 4.74 Å². The predicted octanol–water partition coefficient (Wildman–Crippen LogP) is 2.94. The van der Waals surface area contributed by atoms with Crippen molar-refractivity contribution in [2.45, 2.75) is 32.6 Å². The Morgan fingerprint density at radius 2 is 1.94 bits per heavy atom. The van der Waals surface area contributed by atoms with E-state index in [1.165, 1.54) is 31.4 Å². The molecule has 3 nitrogen and oxygen atoms in total. The van der Waals surface area contributed by atoms with Gasteiger partial charge < -0.3 is 15.4 Å². The van der Waals surface area contributed by atoms with Gasteiger partial charge in [0.05, 0.1) is 12.8 Å². The van der Waals surface area contributed by atoms with Gasteiger partial charge in [-0.15, -0.1) is 0 Å². The lowest BCUT2D eigenvalue weighted by atomic mass is 10.1. The number of benzene rings is 1. The van der Waals surface area contributed by atoms with Crippen molar-refractivity contribution in [1.82, 2.24) is 4.90 Å². The van der Waals surface area contributed by atoms with Crippen LogP contribution in [0.2, 0.25) is 0 Å². The number of hydrogen-bond acceptors (Lipinski definition) is 3. The van der Waals surface area contributed by atoms with Crippen molar-refractivity contribution in [2.24, 2.45) is 0 Å². The van der Waals surface area contributed by atoms with Gasteiger partial charge in [-0.25, -0.2) is 0 Å². The van der Waals surface area contributed by atoms with Crippen molar-refractivity contribution in [3.63, 3.8) is 0 Å². The predicted molar refractivity (Wildman–Crippen MR) is 78.1 cm³/mol. The molecular formula is C15H26N2O. The number of aryl methyl sites for hydroxylation is 1. The first kappa shape index (κ1) is 14.8. The van der Waals surface area contributed by atoms with Crippen LogP contribution in [0.5, 0.6) is 5.75 Å². The summed E-state index contributed by atoms with van der Waals surface area (Å²) in [6, 6.07) is 6.07. The van der Waals surface area contributed by atoms with Gasteiger partial charge in [-0.1, -0.05) is 19.4 Å². The van der Waals surface area contributed by atoms with Crippen LogP contribution in [0.1, 0.15) is 31.7 Å². The number of rotatable bonds is 8. The van der Waals surface area contributed by atoms with E-state index < -0.39 is 0 Å². The largest absolute Gasteiger partial charge is 0.495 e. The van der Waals surface area contributed by atoms with E-state index in [4.69, 9.17) is 10.5 Å². The molecule has 0 amide bonds. The molecule has 0 aromatic heterocycles. The van der Waals surface area contributed by atoms with E-state index in [9.17, 15) is 0 Å². The first-order chi connectivity index (χ1) is 8.67. The molecule has 0 fully saturated rings. The second-order valence-corrected chi connectivity index (χ2v) is 4.84. The number of nitrogen functional groups attached to an aromatic ring is 1. The quantitative estimate of drug-likeness (QED) is 0.721. The summed E-state index contributed by atoms with van der Waals surface area (Å²) in [5, 5.41) is 0. The van der Waals surface area contributed by atoms with Crippen LogP contribution in [0.25, 0.3) is 0 Å². The third-order valence-electron chi connectivity index (χ3n) is 3.19. The van der Waals surface area contributed by atoms with E-state index >= 15 is 0 Å². The molecule has 1 rings (SSSR count). The molecule has 0 aliphatic carbocycles. The molecule has 18 heavy (non-hydrogen) atoms. The molecule has 0 atom stereocenters. The van der Waals surface area contributed by atoms with E-state index in [1.807, 2.05) is 12.1 Å². The summed E-state index contributed by atoms with van der Waals surface area (Å²) in [6.07, 6.45) is 4.79. The smallest absolute Gasteiger partial charge is 0.141 e. The van der Waals surface area contributed by atoms with Crippen molar-refractivity contribution >= 4 is 5.69 Å². The van der Waals surface area contributed by atoms with Gasteiger partial charge in [0.1, 0.15) is 5.75 Å². The van der Waals surface area contributed by atoms with Crippen LogP contribution < -0.4 is 10.5 Å². The van der Waals surface area contributed by atoms with Crippen LogP contribution in [-0.4, -0.2) is 32.1 Å². The Labute approximate surface area is 111 Å². The molecule has 1 aromatic carbocycles. The highest BCUT2D eigenvalue weighted by Gasteiger charge is 2.02. The van der Waals surface area contributed by atoms with Crippen LogP contribution in [0.15, 0.2) is 18.2 Å². The van der Waals surface area contributed by atoms with Crippen LogP contribution in [-0.2, 0) is 6.42 Å². The maximum absolute atomic E-state index is 5.89. The second-order valence-electron chi connectivity index (χ2n) is 4.84. The van der Waals surface area contributed by atoms with Crippen LogP contribution in [0.4, 0.5) is 5.69 Å². The van der Waals surface area contributed by atoms with E-state index in [0.717, 1.165) is 24.4 Å². The van der Waals surface area contributed by atoms with E-state index in [0.29, 0.717) is 0 Å². The highest BCUT2D eigenvalue weighted by atomic mass is 16.5.